The molecule has 0 saturated carbocycles. The second-order valence-electron chi connectivity index (χ2n) is 7.38. The van der Waals surface area contributed by atoms with Crippen molar-refractivity contribution in [3.8, 4) is 0 Å². The molecule has 4 rings (SSSR count). The third-order valence-electron chi connectivity index (χ3n) is 5.46. The van der Waals surface area contributed by atoms with Crippen molar-refractivity contribution >= 4 is 17.5 Å². The molecule has 2 aliphatic rings. The zero-order valence-corrected chi connectivity index (χ0v) is 15.3. The standard InChI is InChI=1S/C21H25N3O3/c25-20-13-17(14-24(20)18-5-2-1-3-6-18)22-21(26)16-8-10-23(11-9-16)15-19-7-4-12-27-19/h1-7,12,16-17H,8-11,13-15H2,(H,22,26). The Morgan fingerprint density at radius 1 is 1.11 bits per heavy atom. The highest BCUT2D eigenvalue weighted by Crippen LogP contribution is 2.23. The van der Waals surface area contributed by atoms with Gasteiger partial charge in [-0.25, -0.2) is 0 Å². The van der Waals surface area contributed by atoms with Crippen LogP contribution in [0.25, 0.3) is 0 Å². The Hall–Kier alpha value is -2.60. The normalized spacial score (nSPS) is 21.6. The molecule has 2 aromatic rings. The van der Waals surface area contributed by atoms with Gasteiger partial charge in [-0.2, -0.15) is 0 Å². The number of para-hydroxylation sites is 1. The number of furan rings is 1. The van der Waals surface area contributed by atoms with Crippen molar-refractivity contribution in [3.05, 3.63) is 54.5 Å². The number of anilines is 1. The van der Waals surface area contributed by atoms with E-state index in [0.717, 1.165) is 43.9 Å². The minimum Gasteiger partial charge on any atom is -0.468 e. The lowest BCUT2D eigenvalue weighted by Gasteiger charge is -2.31. The van der Waals surface area contributed by atoms with Gasteiger partial charge in [-0.15, -0.1) is 0 Å². The van der Waals surface area contributed by atoms with E-state index in [1.165, 1.54) is 0 Å². The summed E-state index contributed by atoms with van der Waals surface area (Å²) in [4.78, 5) is 29.0. The smallest absolute Gasteiger partial charge is 0.229 e. The fourth-order valence-corrected chi connectivity index (χ4v) is 3.96. The highest BCUT2D eigenvalue weighted by atomic mass is 16.3. The van der Waals surface area contributed by atoms with E-state index in [9.17, 15) is 9.59 Å². The molecule has 0 aliphatic carbocycles. The van der Waals surface area contributed by atoms with Crippen LogP contribution in [0.3, 0.4) is 0 Å². The summed E-state index contributed by atoms with van der Waals surface area (Å²) in [7, 11) is 0. The van der Waals surface area contributed by atoms with Gasteiger partial charge in [0, 0.05) is 24.6 Å². The SMILES string of the molecule is O=C(NC1CC(=O)N(c2ccccc2)C1)C1CCN(Cc2ccco2)CC1. The zero-order valence-electron chi connectivity index (χ0n) is 15.3. The maximum atomic E-state index is 12.6. The maximum Gasteiger partial charge on any atom is 0.229 e. The molecule has 0 radical (unpaired) electrons. The number of nitrogens with zero attached hydrogens (tertiary/aromatic N) is 2. The average molecular weight is 367 g/mol. The highest BCUT2D eigenvalue weighted by Gasteiger charge is 2.33. The first kappa shape index (κ1) is 17.8. The first-order chi connectivity index (χ1) is 13.2. The van der Waals surface area contributed by atoms with Crippen LogP contribution in [-0.2, 0) is 16.1 Å². The minimum absolute atomic E-state index is 0.0266. The maximum absolute atomic E-state index is 12.6. The van der Waals surface area contributed by atoms with Crippen LogP contribution >= 0.6 is 0 Å². The molecule has 6 heteroatoms. The molecular formula is C21H25N3O3. The summed E-state index contributed by atoms with van der Waals surface area (Å²) < 4.78 is 5.40. The van der Waals surface area contributed by atoms with E-state index < -0.39 is 0 Å². The summed E-state index contributed by atoms with van der Waals surface area (Å²) >= 11 is 0. The van der Waals surface area contributed by atoms with Gasteiger partial charge in [0.25, 0.3) is 0 Å². The Balaban J connectivity index is 1.26. The Morgan fingerprint density at radius 3 is 2.59 bits per heavy atom. The summed E-state index contributed by atoms with van der Waals surface area (Å²) in [5, 5.41) is 3.10. The van der Waals surface area contributed by atoms with Crippen molar-refractivity contribution < 1.29 is 14.0 Å². The predicted octanol–water partition coefficient (Wildman–Crippen LogP) is 2.41. The van der Waals surface area contributed by atoms with E-state index >= 15 is 0 Å². The van der Waals surface area contributed by atoms with Crippen molar-refractivity contribution in [1.29, 1.82) is 0 Å². The molecule has 2 amide bonds. The second kappa shape index (κ2) is 7.96. The molecule has 3 heterocycles. The van der Waals surface area contributed by atoms with Gasteiger partial charge >= 0.3 is 0 Å². The van der Waals surface area contributed by atoms with E-state index in [1.807, 2.05) is 42.5 Å². The molecule has 1 unspecified atom stereocenters. The van der Waals surface area contributed by atoms with E-state index in [2.05, 4.69) is 10.2 Å². The van der Waals surface area contributed by atoms with Gasteiger partial charge in [-0.1, -0.05) is 18.2 Å². The average Bonchev–Trinajstić information content (AvgIpc) is 3.32. The molecule has 0 spiro atoms. The van der Waals surface area contributed by atoms with Crippen LogP contribution in [0.15, 0.2) is 53.1 Å². The van der Waals surface area contributed by atoms with E-state index in [0.29, 0.717) is 13.0 Å². The fourth-order valence-electron chi connectivity index (χ4n) is 3.96. The number of amides is 2. The van der Waals surface area contributed by atoms with Crippen LogP contribution < -0.4 is 10.2 Å². The van der Waals surface area contributed by atoms with Crippen molar-refractivity contribution in [2.24, 2.45) is 5.92 Å². The minimum atomic E-state index is -0.105. The quantitative estimate of drug-likeness (QED) is 0.881. The van der Waals surface area contributed by atoms with Crippen molar-refractivity contribution in [2.75, 3.05) is 24.5 Å². The van der Waals surface area contributed by atoms with Crippen LogP contribution in [0.4, 0.5) is 5.69 Å². The Labute approximate surface area is 159 Å². The molecule has 27 heavy (non-hydrogen) atoms. The second-order valence-corrected chi connectivity index (χ2v) is 7.38. The molecular weight excluding hydrogens is 342 g/mol. The van der Waals surface area contributed by atoms with E-state index in [-0.39, 0.29) is 23.8 Å². The van der Waals surface area contributed by atoms with E-state index in [4.69, 9.17) is 4.42 Å². The first-order valence-electron chi connectivity index (χ1n) is 9.59. The Morgan fingerprint density at radius 2 is 1.89 bits per heavy atom. The van der Waals surface area contributed by atoms with Crippen LogP contribution in [0.2, 0.25) is 0 Å². The summed E-state index contributed by atoms with van der Waals surface area (Å²) in [6.45, 7) is 3.12. The number of piperidine rings is 1. The van der Waals surface area contributed by atoms with Gasteiger partial charge in [0.1, 0.15) is 5.76 Å². The molecule has 1 aromatic carbocycles. The van der Waals surface area contributed by atoms with Crippen LogP contribution in [0, 0.1) is 5.92 Å². The summed E-state index contributed by atoms with van der Waals surface area (Å²) in [6, 6.07) is 13.4. The Kier molecular flexibility index (Phi) is 5.25. The number of benzene rings is 1. The van der Waals surface area contributed by atoms with Crippen LogP contribution in [0.5, 0.6) is 0 Å². The molecule has 1 aromatic heterocycles. The molecule has 0 bridgehead atoms. The number of hydrogen-bond donors (Lipinski definition) is 1. The molecule has 6 nitrogen and oxygen atoms in total. The zero-order chi connectivity index (χ0) is 18.6. The molecule has 2 saturated heterocycles. The number of likely N-dealkylation sites (tertiary alicyclic amines) is 1. The van der Waals surface area contributed by atoms with Crippen molar-refractivity contribution in [1.82, 2.24) is 10.2 Å². The van der Waals surface area contributed by atoms with Crippen molar-refractivity contribution in [2.45, 2.75) is 31.8 Å². The third kappa shape index (κ3) is 4.22. The largest absolute Gasteiger partial charge is 0.468 e. The van der Waals surface area contributed by atoms with Gasteiger partial charge in [0.05, 0.1) is 18.8 Å². The molecule has 142 valence electrons. The monoisotopic (exact) mass is 367 g/mol. The van der Waals surface area contributed by atoms with Crippen LogP contribution in [0.1, 0.15) is 25.0 Å². The predicted molar refractivity (Wildman–Crippen MR) is 102 cm³/mol. The van der Waals surface area contributed by atoms with Gasteiger partial charge in [-0.3, -0.25) is 14.5 Å². The van der Waals surface area contributed by atoms with Crippen LogP contribution in [-0.4, -0.2) is 42.4 Å². The lowest BCUT2D eigenvalue weighted by molar-refractivity contribution is -0.127. The molecule has 2 fully saturated rings. The number of rotatable bonds is 5. The van der Waals surface area contributed by atoms with Crippen molar-refractivity contribution in [3.63, 3.8) is 0 Å². The lowest BCUT2D eigenvalue weighted by atomic mass is 9.95. The highest BCUT2D eigenvalue weighted by molar-refractivity contribution is 5.96. The van der Waals surface area contributed by atoms with Gasteiger partial charge in [0.2, 0.25) is 11.8 Å². The molecule has 2 aliphatic heterocycles. The number of carbonyl (C=O) groups excluding carboxylic acids is 2. The molecule has 1 N–H and O–H groups in total. The Bertz CT molecular complexity index is 767. The number of hydrogen-bond acceptors (Lipinski definition) is 4. The number of nitrogens with one attached hydrogen (secondary N) is 1. The number of carbonyl (C=O) groups is 2. The van der Waals surface area contributed by atoms with E-state index in [1.54, 1.807) is 11.2 Å². The summed E-state index contributed by atoms with van der Waals surface area (Å²) in [5.41, 5.74) is 0.894. The topological polar surface area (TPSA) is 65.8 Å². The lowest BCUT2D eigenvalue weighted by Crippen LogP contribution is -2.44. The molecule has 1 atom stereocenters. The van der Waals surface area contributed by atoms with Gasteiger partial charge in [-0.05, 0) is 50.2 Å². The fraction of sp³-hybridized carbons (Fsp3) is 0.429. The first-order valence-corrected chi connectivity index (χ1v) is 9.59. The van der Waals surface area contributed by atoms with Gasteiger partial charge in [0.15, 0.2) is 0 Å². The summed E-state index contributed by atoms with van der Waals surface area (Å²) in [5.74, 6) is 1.14. The van der Waals surface area contributed by atoms with Gasteiger partial charge < -0.3 is 14.6 Å². The third-order valence-corrected chi connectivity index (χ3v) is 5.46. The summed E-state index contributed by atoms with van der Waals surface area (Å²) in [6.07, 6.45) is 3.75.